The van der Waals surface area contributed by atoms with Crippen molar-refractivity contribution in [2.24, 2.45) is 0 Å². The van der Waals surface area contributed by atoms with Gasteiger partial charge < -0.3 is 19.5 Å². The zero-order chi connectivity index (χ0) is 20.3. The van der Waals surface area contributed by atoms with Crippen molar-refractivity contribution in [3.8, 4) is 11.5 Å². The van der Waals surface area contributed by atoms with Gasteiger partial charge >= 0.3 is 18.4 Å². The highest BCUT2D eigenvalue weighted by Gasteiger charge is 2.34. The number of ether oxygens (including phenoxy) is 2. The topological polar surface area (TPSA) is 88.1 Å². The van der Waals surface area contributed by atoms with Crippen molar-refractivity contribution in [2.75, 3.05) is 18.4 Å². The fourth-order valence-electron chi connectivity index (χ4n) is 2.50. The van der Waals surface area contributed by atoms with Gasteiger partial charge in [0.1, 0.15) is 17.6 Å². The molecule has 2 aromatic carbocycles. The fraction of sp³-hybridized carbons (Fsp3) is 0.222. The van der Waals surface area contributed by atoms with Gasteiger partial charge in [-0.2, -0.15) is 13.2 Å². The van der Waals surface area contributed by atoms with Crippen LogP contribution in [0, 0.1) is 0 Å². The van der Waals surface area contributed by atoms with Crippen LogP contribution in [-0.4, -0.2) is 41.4 Å². The molecular formula is C18H15F3N2O5. The summed E-state index contributed by atoms with van der Waals surface area (Å²) in [5.74, 6) is 0.0894. The number of rotatable bonds is 4. The molecule has 1 aliphatic heterocycles. The van der Waals surface area contributed by atoms with Gasteiger partial charge in [-0.25, -0.2) is 9.59 Å². The average molecular weight is 396 g/mol. The third kappa shape index (κ3) is 4.84. The molecule has 0 saturated carbocycles. The summed E-state index contributed by atoms with van der Waals surface area (Å²) in [5, 5.41) is 11.0. The number of benzene rings is 2. The molecule has 1 saturated heterocycles. The molecule has 0 atom stereocenters. The zero-order valence-corrected chi connectivity index (χ0v) is 14.3. The molecule has 3 rings (SSSR count). The lowest BCUT2D eigenvalue weighted by atomic mass is 10.1. The van der Waals surface area contributed by atoms with Crippen molar-refractivity contribution >= 4 is 17.9 Å². The Labute approximate surface area is 157 Å². The number of amides is 2. The third-order valence-corrected chi connectivity index (χ3v) is 3.86. The monoisotopic (exact) mass is 396 g/mol. The molecule has 7 nitrogen and oxygen atoms in total. The number of hydrogen-bond donors (Lipinski definition) is 2. The van der Waals surface area contributed by atoms with E-state index in [4.69, 9.17) is 14.6 Å². The Morgan fingerprint density at radius 1 is 1.07 bits per heavy atom. The summed E-state index contributed by atoms with van der Waals surface area (Å²) in [5.41, 5.74) is -1.19. The number of carbonyl (C=O) groups excluding carboxylic acids is 1. The van der Waals surface area contributed by atoms with Crippen molar-refractivity contribution in [2.45, 2.75) is 12.3 Å². The van der Waals surface area contributed by atoms with E-state index in [1.807, 2.05) is 0 Å². The van der Waals surface area contributed by atoms with Gasteiger partial charge in [0.05, 0.1) is 18.7 Å². The van der Waals surface area contributed by atoms with Crippen LogP contribution in [0.4, 0.5) is 28.4 Å². The minimum Gasteiger partial charge on any atom is -0.487 e. The summed E-state index contributed by atoms with van der Waals surface area (Å²) in [4.78, 5) is 23.7. The van der Waals surface area contributed by atoms with Crippen molar-refractivity contribution in [1.82, 2.24) is 4.90 Å². The van der Waals surface area contributed by atoms with E-state index in [1.54, 1.807) is 18.2 Å². The summed E-state index contributed by atoms with van der Waals surface area (Å²) in [6, 6.07) is 10.8. The van der Waals surface area contributed by atoms with Crippen LogP contribution in [0.3, 0.4) is 0 Å². The number of carbonyl (C=O) groups is 2. The van der Waals surface area contributed by atoms with E-state index < -0.39 is 30.0 Å². The van der Waals surface area contributed by atoms with Gasteiger partial charge in [0.25, 0.3) is 0 Å². The summed E-state index contributed by atoms with van der Waals surface area (Å²) in [6.45, 7) is 0.0920. The van der Waals surface area contributed by atoms with Crippen LogP contribution in [0.5, 0.6) is 11.5 Å². The standard InChI is InChI=1S/C18H15F3N2O5/c19-18(20,21)11-6-12(22-16(24)28-13-4-2-1-3-5-13)8-14(7-11)27-15-9-23(10-15)17(25)26/h1-8,15H,9-10H2,(H,22,24)(H,25,26). The van der Waals surface area contributed by atoms with E-state index >= 15 is 0 Å². The Morgan fingerprint density at radius 3 is 2.36 bits per heavy atom. The van der Waals surface area contributed by atoms with Gasteiger partial charge in [-0.3, -0.25) is 5.32 Å². The van der Waals surface area contributed by atoms with Gasteiger partial charge in [-0.15, -0.1) is 0 Å². The lowest BCUT2D eigenvalue weighted by Gasteiger charge is -2.36. The molecule has 0 bridgehead atoms. The maximum Gasteiger partial charge on any atom is 0.417 e. The van der Waals surface area contributed by atoms with E-state index in [2.05, 4.69) is 5.32 Å². The van der Waals surface area contributed by atoms with Crippen LogP contribution in [0.15, 0.2) is 48.5 Å². The molecule has 1 fully saturated rings. The molecular weight excluding hydrogens is 381 g/mol. The van der Waals surface area contributed by atoms with E-state index in [9.17, 15) is 22.8 Å². The van der Waals surface area contributed by atoms with Crippen LogP contribution in [0.25, 0.3) is 0 Å². The molecule has 0 aliphatic carbocycles. The first-order chi connectivity index (χ1) is 13.2. The molecule has 2 amide bonds. The Morgan fingerprint density at radius 2 is 1.75 bits per heavy atom. The van der Waals surface area contributed by atoms with E-state index in [0.717, 1.165) is 17.0 Å². The maximum absolute atomic E-state index is 13.1. The molecule has 0 aromatic heterocycles. The Hall–Kier alpha value is -3.43. The number of halogens is 3. The van der Waals surface area contributed by atoms with Crippen LogP contribution in [0.1, 0.15) is 5.56 Å². The van der Waals surface area contributed by atoms with Crippen molar-refractivity contribution in [3.05, 3.63) is 54.1 Å². The molecule has 0 spiro atoms. The molecule has 28 heavy (non-hydrogen) atoms. The van der Waals surface area contributed by atoms with Crippen molar-refractivity contribution in [1.29, 1.82) is 0 Å². The summed E-state index contributed by atoms with van der Waals surface area (Å²) in [6.07, 6.45) is -7.32. The summed E-state index contributed by atoms with van der Waals surface area (Å²) < 4.78 is 49.8. The van der Waals surface area contributed by atoms with Crippen LogP contribution < -0.4 is 14.8 Å². The van der Waals surface area contributed by atoms with Gasteiger partial charge in [0, 0.05) is 11.8 Å². The molecule has 2 N–H and O–H groups in total. The zero-order valence-electron chi connectivity index (χ0n) is 14.3. The number of carboxylic acid groups (broad SMARTS) is 1. The number of hydrogen-bond acceptors (Lipinski definition) is 4. The lowest BCUT2D eigenvalue weighted by Crippen LogP contribution is -2.55. The number of para-hydroxylation sites is 1. The number of nitrogens with one attached hydrogen (secondary N) is 1. The highest BCUT2D eigenvalue weighted by molar-refractivity contribution is 5.86. The second-order valence-electron chi connectivity index (χ2n) is 6.00. The molecule has 0 radical (unpaired) electrons. The van der Waals surface area contributed by atoms with E-state index in [-0.39, 0.29) is 30.3 Å². The van der Waals surface area contributed by atoms with E-state index in [0.29, 0.717) is 0 Å². The molecule has 10 heteroatoms. The first-order valence-electron chi connectivity index (χ1n) is 8.11. The smallest absolute Gasteiger partial charge is 0.417 e. The van der Waals surface area contributed by atoms with Gasteiger partial charge in [0.15, 0.2) is 0 Å². The number of likely N-dealkylation sites (tertiary alicyclic amines) is 1. The highest BCUT2D eigenvalue weighted by atomic mass is 19.4. The third-order valence-electron chi connectivity index (χ3n) is 3.86. The first-order valence-corrected chi connectivity index (χ1v) is 8.11. The Bertz CT molecular complexity index is 867. The first kappa shape index (κ1) is 19.3. The van der Waals surface area contributed by atoms with Crippen molar-refractivity contribution < 1.29 is 37.3 Å². The maximum atomic E-state index is 13.1. The Balaban J connectivity index is 1.72. The normalized spacial score (nSPS) is 14.2. The number of alkyl halides is 3. The number of nitrogens with zero attached hydrogens (tertiary/aromatic N) is 1. The Kier molecular flexibility index (Phi) is 5.30. The highest BCUT2D eigenvalue weighted by Crippen LogP contribution is 2.35. The van der Waals surface area contributed by atoms with Crippen LogP contribution in [0.2, 0.25) is 0 Å². The fourth-order valence-corrected chi connectivity index (χ4v) is 2.50. The predicted molar refractivity (Wildman–Crippen MR) is 91.5 cm³/mol. The van der Waals surface area contributed by atoms with Gasteiger partial charge in [-0.1, -0.05) is 18.2 Å². The predicted octanol–water partition coefficient (Wildman–Crippen LogP) is 4.06. The summed E-state index contributed by atoms with van der Waals surface area (Å²) in [7, 11) is 0. The molecule has 148 valence electrons. The second kappa shape index (κ2) is 7.67. The lowest BCUT2D eigenvalue weighted by molar-refractivity contribution is -0.137. The molecule has 1 aliphatic rings. The largest absolute Gasteiger partial charge is 0.487 e. The number of anilines is 1. The van der Waals surface area contributed by atoms with Crippen LogP contribution >= 0.6 is 0 Å². The molecule has 1 heterocycles. The average Bonchev–Trinajstić information content (AvgIpc) is 2.57. The SMILES string of the molecule is O=C(Nc1cc(OC2CN(C(=O)O)C2)cc(C(F)(F)F)c1)Oc1ccccc1. The molecule has 0 unspecified atom stereocenters. The van der Waals surface area contributed by atoms with Gasteiger partial charge in [0.2, 0.25) is 0 Å². The quantitative estimate of drug-likeness (QED) is 0.814. The molecule has 2 aromatic rings. The van der Waals surface area contributed by atoms with Gasteiger partial charge in [-0.05, 0) is 24.3 Å². The second-order valence-corrected chi connectivity index (χ2v) is 6.00. The van der Waals surface area contributed by atoms with E-state index in [1.165, 1.54) is 18.2 Å². The van der Waals surface area contributed by atoms with Crippen LogP contribution in [-0.2, 0) is 6.18 Å². The summed E-state index contributed by atoms with van der Waals surface area (Å²) >= 11 is 0. The minimum atomic E-state index is -4.66. The minimum absolute atomic E-state index is 0.0460. The van der Waals surface area contributed by atoms with Crippen molar-refractivity contribution in [3.63, 3.8) is 0 Å².